The SMILES string of the molecule is Cc1ccc(C)c(OC(C)c2ccccc2Br)c1. The monoisotopic (exact) mass is 304 g/mol. The standard InChI is InChI=1S/C16H17BrO/c1-11-8-9-12(2)16(10-11)18-13(3)14-6-4-5-7-15(14)17/h4-10,13H,1-3H3. The van der Waals surface area contributed by atoms with Gasteiger partial charge in [-0.3, -0.25) is 0 Å². The van der Waals surface area contributed by atoms with Crippen LogP contribution in [0.1, 0.15) is 29.7 Å². The molecule has 1 atom stereocenters. The van der Waals surface area contributed by atoms with E-state index < -0.39 is 0 Å². The molecule has 0 aliphatic carbocycles. The van der Waals surface area contributed by atoms with Crippen LogP contribution in [0, 0.1) is 13.8 Å². The van der Waals surface area contributed by atoms with Gasteiger partial charge in [-0.2, -0.15) is 0 Å². The third-order valence-electron chi connectivity index (χ3n) is 2.99. The predicted octanol–water partition coefficient (Wildman–Crippen LogP) is 5.21. The second-order valence-corrected chi connectivity index (χ2v) is 5.40. The molecule has 0 N–H and O–H groups in total. The van der Waals surface area contributed by atoms with Crippen LogP contribution < -0.4 is 4.74 Å². The third kappa shape index (κ3) is 2.94. The van der Waals surface area contributed by atoms with E-state index in [9.17, 15) is 0 Å². The number of ether oxygens (including phenoxy) is 1. The van der Waals surface area contributed by atoms with Crippen molar-refractivity contribution >= 4 is 15.9 Å². The van der Waals surface area contributed by atoms with Gasteiger partial charge in [0.15, 0.2) is 0 Å². The molecule has 94 valence electrons. The van der Waals surface area contributed by atoms with E-state index in [-0.39, 0.29) is 6.10 Å². The number of benzene rings is 2. The highest BCUT2D eigenvalue weighted by Crippen LogP contribution is 2.29. The Morgan fingerprint density at radius 2 is 1.78 bits per heavy atom. The van der Waals surface area contributed by atoms with E-state index in [0.717, 1.165) is 10.2 Å². The Morgan fingerprint density at radius 1 is 1.06 bits per heavy atom. The van der Waals surface area contributed by atoms with Crippen LogP contribution in [0.4, 0.5) is 0 Å². The summed E-state index contributed by atoms with van der Waals surface area (Å²) < 4.78 is 7.15. The van der Waals surface area contributed by atoms with E-state index in [0.29, 0.717) is 0 Å². The number of aryl methyl sites for hydroxylation is 2. The Morgan fingerprint density at radius 3 is 2.50 bits per heavy atom. The van der Waals surface area contributed by atoms with E-state index in [1.165, 1.54) is 16.7 Å². The van der Waals surface area contributed by atoms with Crippen molar-refractivity contribution < 1.29 is 4.74 Å². The van der Waals surface area contributed by atoms with Gasteiger partial charge in [-0.1, -0.05) is 46.3 Å². The van der Waals surface area contributed by atoms with Crippen molar-refractivity contribution in [1.82, 2.24) is 0 Å². The Kier molecular flexibility index (Phi) is 4.07. The minimum atomic E-state index is 0.0288. The van der Waals surface area contributed by atoms with Gasteiger partial charge in [-0.25, -0.2) is 0 Å². The molecule has 0 aliphatic heterocycles. The predicted molar refractivity (Wildman–Crippen MR) is 79.1 cm³/mol. The molecule has 2 aromatic carbocycles. The van der Waals surface area contributed by atoms with E-state index in [1.807, 2.05) is 18.2 Å². The molecule has 18 heavy (non-hydrogen) atoms. The minimum Gasteiger partial charge on any atom is -0.486 e. The normalized spacial score (nSPS) is 12.2. The summed E-state index contributed by atoms with van der Waals surface area (Å²) in [6.07, 6.45) is 0.0288. The van der Waals surface area contributed by atoms with Crippen molar-refractivity contribution in [2.24, 2.45) is 0 Å². The molecule has 1 unspecified atom stereocenters. The van der Waals surface area contributed by atoms with E-state index in [4.69, 9.17) is 4.74 Å². The molecule has 0 saturated heterocycles. The number of hydrogen-bond acceptors (Lipinski definition) is 1. The average molecular weight is 305 g/mol. The molecule has 0 radical (unpaired) electrons. The molecule has 0 fully saturated rings. The molecule has 2 rings (SSSR count). The first-order valence-electron chi connectivity index (χ1n) is 6.06. The minimum absolute atomic E-state index is 0.0288. The van der Waals surface area contributed by atoms with Crippen LogP contribution >= 0.6 is 15.9 Å². The summed E-state index contributed by atoms with van der Waals surface area (Å²) in [6.45, 7) is 6.22. The van der Waals surface area contributed by atoms with Crippen LogP contribution in [-0.4, -0.2) is 0 Å². The summed E-state index contributed by atoms with van der Waals surface area (Å²) in [5, 5.41) is 0. The fourth-order valence-electron chi connectivity index (χ4n) is 1.89. The lowest BCUT2D eigenvalue weighted by molar-refractivity contribution is 0.224. The molecule has 0 aliphatic rings. The first-order chi connectivity index (χ1) is 8.58. The van der Waals surface area contributed by atoms with Crippen molar-refractivity contribution in [3.63, 3.8) is 0 Å². The summed E-state index contributed by atoms with van der Waals surface area (Å²) in [4.78, 5) is 0. The first kappa shape index (κ1) is 13.2. The zero-order valence-electron chi connectivity index (χ0n) is 10.9. The van der Waals surface area contributed by atoms with Gasteiger partial charge < -0.3 is 4.74 Å². The smallest absolute Gasteiger partial charge is 0.123 e. The van der Waals surface area contributed by atoms with Crippen LogP contribution in [0.15, 0.2) is 46.9 Å². The fourth-order valence-corrected chi connectivity index (χ4v) is 2.50. The second kappa shape index (κ2) is 5.57. The van der Waals surface area contributed by atoms with Crippen molar-refractivity contribution in [2.45, 2.75) is 26.9 Å². The average Bonchev–Trinajstić information content (AvgIpc) is 2.34. The van der Waals surface area contributed by atoms with Gasteiger partial charge >= 0.3 is 0 Å². The van der Waals surface area contributed by atoms with E-state index in [1.54, 1.807) is 0 Å². The highest BCUT2D eigenvalue weighted by atomic mass is 79.9. The number of halogens is 1. The molecule has 0 saturated carbocycles. The van der Waals surface area contributed by atoms with Crippen LogP contribution in [0.3, 0.4) is 0 Å². The van der Waals surface area contributed by atoms with Crippen LogP contribution in [0.5, 0.6) is 5.75 Å². The Balaban J connectivity index is 2.24. The number of hydrogen-bond donors (Lipinski definition) is 0. The van der Waals surface area contributed by atoms with E-state index >= 15 is 0 Å². The van der Waals surface area contributed by atoms with Gasteiger partial charge in [-0.05, 0) is 44.0 Å². The van der Waals surface area contributed by atoms with Gasteiger partial charge in [0, 0.05) is 10.0 Å². The lowest BCUT2D eigenvalue weighted by Crippen LogP contribution is -2.05. The molecule has 1 nitrogen and oxygen atoms in total. The summed E-state index contributed by atoms with van der Waals surface area (Å²) in [5.41, 5.74) is 3.55. The zero-order chi connectivity index (χ0) is 13.1. The second-order valence-electron chi connectivity index (χ2n) is 4.55. The fraction of sp³-hybridized carbons (Fsp3) is 0.250. The van der Waals surface area contributed by atoms with Gasteiger partial charge in [0.1, 0.15) is 11.9 Å². The molecule has 0 spiro atoms. The highest BCUT2D eigenvalue weighted by molar-refractivity contribution is 9.10. The summed E-state index contributed by atoms with van der Waals surface area (Å²) in [7, 11) is 0. The Bertz CT molecular complexity index is 549. The maximum Gasteiger partial charge on any atom is 0.123 e. The zero-order valence-corrected chi connectivity index (χ0v) is 12.5. The molecule has 0 heterocycles. The van der Waals surface area contributed by atoms with Crippen molar-refractivity contribution in [3.05, 3.63) is 63.6 Å². The molecular weight excluding hydrogens is 288 g/mol. The lowest BCUT2D eigenvalue weighted by atomic mass is 10.1. The molecule has 0 amide bonds. The summed E-state index contributed by atoms with van der Waals surface area (Å²) >= 11 is 3.56. The molecule has 2 heteroatoms. The maximum atomic E-state index is 6.06. The lowest BCUT2D eigenvalue weighted by Gasteiger charge is -2.18. The van der Waals surface area contributed by atoms with Gasteiger partial charge in [0.25, 0.3) is 0 Å². The molecule has 2 aromatic rings. The largest absolute Gasteiger partial charge is 0.486 e. The molecule has 0 aromatic heterocycles. The van der Waals surface area contributed by atoms with Gasteiger partial charge in [0.05, 0.1) is 0 Å². The summed E-state index contributed by atoms with van der Waals surface area (Å²) in [5.74, 6) is 0.957. The van der Waals surface area contributed by atoms with Crippen molar-refractivity contribution in [2.75, 3.05) is 0 Å². The van der Waals surface area contributed by atoms with Crippen molar-refractivity contribution in [3.8, 4) is 5.75 Å². The molecule has 0 bridgehead atoms. The Labute approximate surface area is 117 Å². The van der Waals surface area contributed by atoms with Crippen LogP contribution in [0.25, 0.3) is 0 Å². The van der Waals surface area contributed by atoms with E-state index in [2.05, 4.69) is 61.0 Å². The highest BCUT2D eigenvalue weighted by Gasteiger charge is 2.11. The Hall–Kier alpha value is -1.28. The maximum absolute atomic E-state index is 6.06. The van der Waals surface area contributed by atoms with Gasteiger partial charge in [-0.15, -0.1) is 0 Å². The third-order valence-corrected chi connectivity index (χ3v) is 3.71. The van der Waals surface area contributed by atoms with Crippen molar-refractivity contribution in [1.29, 1.82) is 0 Å². The quantitative estimate of drug-likeness (QED) is 0.756. The topological polar surface area (TPSA) is 9.23 Å². The number of rotatable bonds is 3. The first-order valence-corrected chi connectivity index (χ1v) is 6.85. The van der Waals surface area contributed by atoms with Crippen LogP contribution in [0.2, 0.25) is 0 Å². The van der Waals surface area contributed by atoms with Gasteiger partial charge in [0.2, 0.25) is 0 Å². The molecular formula is C16H17BrO. The summed E-state index contributed by atoms with van der Waals surface area (Å²) in [6, 6.07) is 14.4. The van der Waals surface area contributed by atoms with Crippen LogP contribution in [-0.2, 0) is 0 Å².